The predicted molar refractivity (Wildman–Crippen MR) is 192 cm³/mol. The maximum absolute atomic E-state index is 13.7. The molecule has 0 aromatic heterocycles. The van der Waals surface area contributed by atoms with Gasteiger partial charge in [0.1, 0.15) is 42.4 Å². The molecule has 5 aliphatic carbocycles. The van der Waals surface area contributed by atoms with Gasteiger partial charge in [-0.15, -0.1) is 0 Å². The third kappa shape index (κ3) is 5.84. The highest BCUT2D eigenvalue weighted by atomic mass is 16.8. The standard InChI is InChI=1S/C41H64O13/c1-36(2)16-21-20-8-9-24-38(4)12-11-26(39(5,19-42)23(38)10-13-41(24,7)40(20,6)15-14-37(21,3)25(44)17-36)52-35-32(29(47)28(46)31(53-35)33(49)50)54-34-30(48)27(45)22(43)18-51-34/h8,21-24,26-32,34-35,42-43,45-48H,9-19H2,1-7H3,(H,49,50)/t21-,22-,23+,24+,26-,27-,28-,29-,30+,31-,32+,34-,35+,37+,38-,39-,40+,41+/m0/s1. The van der Waals surface area contributed by atoms with Crippen LogP contribution in [0.15, 0.2) is 11.6 Å². The van der Waals surface area contributed by atoms with Crippen molar-refractivity contribution >= 4 is 11.8 Å². The van der Waals surface area contributed by atoms with E-state index >= 15 is 0 Å². The van der Waals surface area contributed by atoms with E-state index in [0.717, 1.165) is 44.9 Å². The van der Waals surface area contributed by atoms with E-state index in [9.17, 15) is 45.3 Å². The van der Waals surface area contributed by atoms with E-state index in [1.54, 1.807) is 0 Å². The molecule has 2 aliphatic heterocycles. The van der Waals surface area contributed by atoms with E-state index in [0.29, 0.717) is 24.5 Å². The summed E-state index contributed by atoms with van der Waals surface area (Å²) in [5.74, 6) is -0.593. The normalized spacial score (nSPS) is 54.4. The summed E-state index contributed by atoms with van der Waals surface area (Å²) < 4.78 is 23.7. The van der Waals surface area contributed by atoms with Crippen LogP contribution in [0.5, 0.6) is 0 Å². The molecule has 2 saturated heterocycles. The van der Waals surface area contributed by atoms with Crippen molar-refractivity contribution in [3.8, 4) is 0 Å². The number of carbonyl (C=O) groups excluding carboxylic acids is 1. The van der Waals surface area contributed by atoms with E-state index in [4.69, 9.17) is 18.9 Å². The first kappa shape index (κ1) is 40.7. The number of allylic oxidation sites excluding steroid dienone is 2. The fraction of sp³-hybridized carbons (Fsp3) is 0.902. The van der Waals surface area contributed by atoms with Crippen LogP contribution >= 0.6 is 0 Å². The third-order valence-electron chi connectivity index (χ3n) is 16.8. The molecule has 7 N–H and O–H groups in total. The second-order valence-corrected chi connectivity index (χ2v) is 20.2. The fourth-order valence-electron chi connectivity index (χ4n) is 13.2. The van der Waals surface area contributed by atoms with Gasteiger partial charge >= 0.3 is 5.97 Å². The lowest BCUT2D eigenvalue weighted by atomic mass is 9.33. The van der Waals surface area contributed by atoms with Gasteiger partial charge in [-0.2, -0.15) is 0 Å². The van der Waals surface area contributed by atoms with Crippen molar-refractivity contribution in [3.63, 3.8) is 0 Å². The summed E-state index contributed by atoms with van der Waals surface area (Å²) in [7, 11) is 0. The van der Waals surface area contributed by atoms with Crippen molar-refractivity contribution in [1.29, 1.82) is 0 Å². The Bertz CT molecular complexity index is 1520. The fourth-order valence-corrected chi connectivity index (χ4v) is 13.2. The molecule has 13 nitrogen and oxygen atoms in total. The molecule has 0 aromatic carbocycles. The summed E-state index contributed by atoms with van der Waals surface area (Å²) in [5.41, 5.74) is -0.0359. The van der Waals surface area contributed by atoms with Crippen molar-refractivity contribution in [2.75, 3.05) is 13.2 Å². The lowest BCUT2D eigenvalue weighted by Crippen LogP contribution is -2.67. The zero-order valence-corrected chi connectivity index (χ0v) is 32.9. The quantitative estimate of drug-likeness (QED) is 0.153. The number of Topliss-reactive ketones (excluding diaryl/α,β-unsaturated/α-hetero) is 1. The van der Waals surface area contributed by atoms with Gasteiger partial charge in [0.25, 0.3) is 0 Å². The van der Waals surface area contributed by atoms with Crippen molar-refractivity contribution in [3.05, 3.63) is 11.6 Å². The number of carbonyl (C=O) groups is 2. The zero-order chi connectivity index (χ0) is 39.6. The number of hydrogen-bond donors (Lipinski definition) is 7. The van der Waals surface area contributed by atoms with Crippen molar-refractivity contribution < 1.29 is 64.3 Å². The SMILES string of the molecule is CC1(C)CC(=O)[C@]2(C)CC[C@]3(C)C(=CC[C@@H]4[C@@]5(C)CC[C@H](O[C@@H]6O[C@H](C(=O)O)[C@@H](O)[C@H](O)[C@H]6O[C@@H]6OC[C@H](O)[C@H](O)[C@H]6O)[C@@](C)(CO)[C@@H]5CC[C@]43C)[C@@H]2C1. The van der Waals surface area contributed by atoms with Gasteiger partial charge in [0, 0.05) is 17.3 Å². The number of ether oxygens (including phenoxy) is 4. The molecule has 0 amide bonds. The minimum absolute atomic E-state index is 0.00306. The average Bonchev–Trinajstić information content (AvgIpc) is 3.10. The maximum Gasteiger partial charge on any atom is 0.335 e. The first-order valence-electron chi connectivity index (χ1n) is 20.1. The number of carboxylic acids is 1. The minimum atomic E-state index is -1.92. The van der Waals surface area contributed by atoms with Crippen LogP contribution in [0.2, 0.25) is 0 Å². The van der Waals surface area contributed by atoms with Crippen LogP contribution in [0, 0.1) is 50.2 Å². The van der Waals surface area contributed by atoms with Gasteiger partial charge in [-0.1, -0.05) is 60.1 Å². The third-order valence-corrected chi connectivity index (χ3v) is 16.8. The number of carboxylic acid groups (broad SMARTS) is 1. The lowest BCUT2D eigenvalue weighted by Gasteiger charge is -2.71. The molecule has 0 unspecified atom stereocenters. The first-order valence-corrected chi connectivity index (χ1v) is 20.1. The van der Waals surface area contributed by atoms with Gasteiger partial charge in [-0.3, -0.25) is 4.79 Å². The van der Waals surface area contributed by atoms with Crippen LogP contribution in [0.1, 0.15) is 106 Å². The second-order valence-electron chi connectivity index (χ2n) is 20.2. The molecule has 7 aliphatic rings. The van der Waals surface area contributed by atoms with Crippen LogP contribution < -0.4 is 0 Å². The number of aliphatic hydroxyl groups is 6. The smallest absolute Gasteiger partial charge is 0.335 e. The summed E-state index contributed by atoms with van der Waals surface area (Å²) in [5, 5.41) is 73.9. The molecule has 7 rings (SSSR count). The van der Waals surface area contributed by atoms with Gasteiger partial charge in [0.15, 0.2) is 18.7 Å². The summed E-state index contributed by atoms with van der Waals surface area (Å²) in [6.07, 6.45) is -5.81. The number of hydrogen-bond acceptors (Lipinski definition) is 12. The Balaban J connectivity index is 1.17. The van der Waals surface area contributed by atoms with Crippen molar-refractivity contribution in [1.82, 2.24) is 0 Å². The summed E-state index contributed by atoms with van der Waals surface area (Å²) in [6, 6.07) is 0. The number of aliphatic carboxylic acids is 1. The highest BCUT2D eigenvalue weighted by Gasteiger charge is 2.69. The van der Waals surface area contributed by atoms with Crippen LogP contribution in [-0.2, 0) is 28.5 Å². The lowest BCUT2D eigenvalue weighted by molar-refractivity contribution is -0.367. The Labute approximate surface area is 318 Å². The monoisotopic (exact) mass is 764 g/mol. The van der Waals surface area contributed by atoms with E-state index in [1.807, 2.05) is 6.92 Å². The molecule has 4 saturated carbocycles. The molecule has 54 heavy (non-hydrogen) atoms. The average molecular weight is 765 g/mol. The van der Waals surface area contributed by atoms with E-state index in [-0.39, 0.29) is 52.1 Å². The van der Waals surface area contributed by atoms with E-state index in [1.165, 1.54) is 5.57 Å². The Kier molecular flexibility index (Phi) is 10.2. The largest absolute Gasteiger partial charge is 0.479 e. The molecule has 6 fully saturated rings. The van der Waals surface area contributed by atoms with Crippen LogP contribution in [0.4, 0.5) is 0 Å². The first-order chi connectivity index (χ1) is 25.1. The molecule has 2 heterocycles. The Morgan fingerprint density at radius 1 is 0.852 bits per heavy atom. The maximum atomic E-state index is 13.7. The van der Waals surface area contributed by atoms with E-state index in [2.05, 4.69) is 47.6 Å². The number of aliphatic hydroxyl groups excluding tert-OH is 6. The Morgan fingerprint density at radius 2 is 1.56 bits per heavy atom. The molecule has 18 atom stereocenters. The molecule has 0 radical (unpaired) electrons. The molecular weight excluding hydrogens is 700 g/mol. The summed E-state index contributed by atoms with van der Waals surface area (Å²) >= 11 is 0. The van der Waals surface area contributed by atoms with Crippen LogP contribution in [0.25, 0.3) is 0 Å². The molecule has 306 valence electrons. The molecular formula is C41H64O13. The Morgan fingerprint density at radius 3 is 2.22 bits per heavy atom. The summed E-state index contributed by atoms with van der Waals surface area (Å²) in [6.45, 7) is 15.3. The van der Waals surface area contributed by atoms with Gasteiger partial charge in [0.05, 0.1) is 19.3 Å². The van der Waals surface area contributed by atoms with Crippen molar-refractivity contribution in [2.24, 2.45) is 50.2 Å². The molecule has 0 bridgehead atoms. The number of rotatable bonds is 6. The molecule has 0 aromatic rings. The summed E-state index contributed by atoms with van der Waals surface area (Å²) in [4.78, 5) is 25.8. The molecule has 13 heteroatoms. The van der Waals surface area contributed by atoms with E-state index < -0.39 is 72.8 Å². The number of fused-ring (bicyclic) bond motifs is 7. The zero-order valence-electron chi connectivity index (χ0n) is 32.9. The second kappa shape index (κ2) is 13.5. The minimum Gasteiger partial charge on any atom is -0.479 e. The van der Waals surface area contributed by atoms with Gasteiger partial charge in [-0.25, -0.2) is 4.79 Å². The number of ketones is 1. The van der Waals surface area contributed by atoms with Gasteiger partial charge < -0.3 is 54.7 Å². The molecule has 0 spiro atoms. The van der Waals surface area contributed by atoms with Gasteiger partial charge in [0.2, 0.25) is 0 Å². The van der Waals surface area contributed by atoms with Crippen LogP contribution in [-0.4, -0.2) is 122 Å². The topological polar surface area (TPSA) is 213 Å². The Hall–Kier alpha value is -1.52. The van der Waals surface area contributed by atoms with Crippen molar-refractivity contribution in [2.45, 2.75) is 168 Å². The van der Waals surface area contributed by atoms with Crippen LogP contribution in [0.3, 0.4) is 0 Å². The highest BCUT2D eigenvalue weighted by Crippen LogP contribution is 2.75. The van der Waals surface area contributed by atoms with Gasteiger partial charge in [-0.05, 0) is 90.8 Å². The predicted octanol–water partition coefficient (Wildman–Crippen LogP) is 2.70. The highest BCUT2D eigenvalue weighted by molar-refractivity contribution is 5.87.